The molecule has 1 saturated heterocycles. The van der Waals surface area contributed by atoms with E-state index < -0.39 is 12.0 Å². The predicted molar refractivity (Wildman–Crippen MR) is 84.0 cm³/mol. The van der Waals surface area contributed by atoms with Crippen molar-refractivity contribution in [3.63, 3.8) is 0 Å². The number of ether oxygens (including phenoxy) is 1. The van der Waals surface area contributed by atoms with Crippen LogP contribution in [0, 0.1) is 11.8 Å². The van der Waals surface area contributed by atoms with Crippen LogP contribution < -0.4 is 5.73 Å². The summed E-state index contributed by atoms with van der Waals surface area (Å²) in [4.78, 5) is 25.8. The summed E-state index contributed by atoms with van der Waals surface area (Å²) >= 11 is 0. The highest BCUT2D eigenvalue weighted by molar-refractivity contribution is 5.83. The second-order valence-corrected chi connectivity index (χ2v) is 6.09. The van der Waals surface area contributed by atoms with Crippen molar-refractivity contribution < 1.29 is 14.3 Å². The highest BCUT2D eigenvalue weighted by Gasteiger charge is 2.32. The van der Waals surface area contributed by atoms with Gasteiger partial charge in [0.15, 0.2) is 6.10 Å². The number of rotatable bonds is 5. The fourth-order valence-electron chi connectivity index (χ4n) is 2.73. The van der Waals surface area contributed by atoms with Gasteiger partial charge in [-0.05, 0) is 17.9 Å². The average Bonchev–Trinajstić information content (AvgIpc) is 2.53. The number of carbonyl (C=O) groups excluding carboxylic acids is 2. The molecular weight excluding hydrogens is 280 g/mol. The molecule has 2 amide bonds. The molecule has 0 unspecified atom stereocenters. The molecule has 0 radical (unpaired) electrons. The van der Waals surface area contributed by atoms with Crippen LogP contribution in [0.1, 0.15) is 19.4 Å². The molecule has 120 valence electrons. The molecule has 0 aromatic heterocycles. The Balaban J connectivity index is 2.07. The molecule has 1 aliphatic heterocycles. The molecule has 0 aliphatic carbocycles. The van der Waals surface area contributed by atoms with Gasteiger partial charge in [-0.1, -0.05) is 44.2 Å². The lowest BCUT2D eigenvalue weighted by Gasteiger charge is -2.35. The minimum absolute atomic E-state index is 0.0772. The first-order valence-electron chi connectivity index (χ1n) is 7.72. The Morgan fingerprint density at radius 2 is 2.00 bits per heavy atom. The second kappa shape index (κ2) is 7.40. The monoisotopic (exact) mass is 304 g/mol. The number of carbonyl (C=O) groups is 2. The number of morpholine rings is 1. The van der Waals surface area contributed by atoms with E-state index in [0.29, 0.717) is 19.6 Å². The third-order valence-corrected chi connectivity index (χ3v) is 4.12. The molecule has 1 aromatic carbocycles. The molecule has 0 saturated carbocycles. The number of benzene rings is 1. The molecule has 0 bridgehead atoms. The topological polar surface area (TPSA) is 72.6 Å². The molecule has 1 aromatic rings. The normalized spacial score (nSPS) is 20.0. The quantitative estimate of drug-likeness (QED) is 0.889. The fourth-order valence-corrected chi connectivity index (χ4v) is 2.73. The molecule has 2 N–H and O–H groups in total. The zero-order valence-corrected chi connectivity index (χ0v) is 13.2. The van der Waals surface area contributed by atoms with Gasteiger partial charge in [0, 0.05) is 12.5 Å². The molecule has 5 heteroatoms. The van der Waals surface area contributed by atoms with Crippen LogP contribution in [-0.4, -0.2) is 42.5 Å². The van der Waals surface area contributed by atoms with Crippen molar-refractivity contribution in [1.82, 2.24) is 4.90 Å². The van der Waals surface area contributed by atoms with E-state index in [4.69, 9.17) is 10.5 Å². The molecule has 1 heterocycles. The second-order valence-electron chi connectivity index (χ2n) is 6.09. The fraction of sp³-hybridized carbons (Fsp3) is 0.529. The molecular formula is C17H24N2O3. The molecule has 22 heavy (non-hydrogen) atoms. The van der Waals surface area contributed by atoms with Crippen molar-refractivity contribution in [1.29, 1.82) is 0 Å². The van der Waals surface area contributed by atoms with E-state index >= 15 is 0 Å². The third-order valence-electron chi connectivity index (χ3n) is 4.12. The summed E-state index contributed by atoms with van der Waals surface area (Å²) in [6.45, 7) is 5.23. The Morgan fingerprint density at radius 1 is 1.32 bits per heavy atom. The standard InChI is InChI=1S/C17H24N2O3/c1-12(2)14(10-13-6-4-3-5-7-13)17(21)19-8-9-22-15(11-19)16(18)20/h3-7,12,14-15H,8-11H2,1-2H3,(H2,18,20)/t14-,15-/m1/s1. The van der Waals surface area contributed by atoms with Crippen LogP contribution in [0.25, 0.3) is 0 Å². The van der Waals surface area contributed by atoms with Gasteiger partial charge in [0.25, 0.3) is 0 Å². The van der Waals surface area contributed by atoms with E-state index in [1.165, 1.54) is 0 Å². The van der Waals surface area contributed by atoms with Gasteiger partial charge in [0.1, 0.15) is 0 Å². The van der Waals surface area contributed by atoms with Gasteiger partial charge >= 0.3 is 0 Å². The van der Waals surface area contributed by atoms with Gasteiger partial charge < -0.3 is 15.4 Å². The van der Waals surface area contributed by atoms with Crippen LogP contribution in [0.15, 0.2) is 30.3 Å². The first-order chi connectivity index (χ1) is 10.5. The summed E-state index contributed by atoms with van der Waals surface area (Å²) in [5.41, 5.74) is 6.43. The third kappa shape index (κ3) is 4.07. The lowest BCUT2D eigenvalue weighted by molar-refractivity contribution is -0.149. The Kier molecular flexibility index (Phi) is 5.55. The Hall–Kier alpha value is -1.88. The Bertz CT molecular complexity index is 516. The molecule has 1 fully saturated rings. The van der Waals surface area contributed by atoms with Crippen molar-refractivity contribution >= 4 is 11.8 Å². The zero-order valence-electron chi connectivity index (χ0n) is 13.2. The smallest absolute Gasteiger partial charge is 0.248 e. The highest BCUT2D eigenvalue weighted by Crippen LogP contribution is 2.21. The molecule has 5 nitrogen and oxygen atoms in total. The van der Waals surface area contributed by atoms with Crippen molar-refractivity contribution in [2.45, 2.75) is 26.4 Å². The number of hydrogen-bond donors (Lipinski definition) is 1. The van der Waals surface area contributed by atoms with Crippen molar-refractivity contribution in [3.05, 3.63) is 35.9 Å². The molecule has 2 rings (SSSR count). The van der Waals surface area contributed by atoms with E-state index in [1.54, 1.807) is 4.90 Å². The summed E-state index contributed by atoms with van der Waals surface area (Å²) in [6, 6.07) is 10.0. The number of nitrogens with two attached hydrogens (primary N) is 1. The van der Waals surface area contributed by atoms with Crippen LogP contribution in [0.3, 0.4) is 0 Å². The first-order valence-corrected chi connectivity index (χ1v) is 7.72. The van der Waals surface area contributed by atoms with Crippen molar-refractivity contribution in [2.75, 3.05) is 19.7 Å². The average molecular weight is 304 g/mol. The van der Waals surface area contributed by atoms with Gasteiger partial charge in [-0.2, -0.15) is 0 Å². The summed E-state index contributed by atoms with van der Waals surface area (Å²) in [5, 5.41) is 0. The number of hydrogen-bond acceptors (Lipinski definition) is 3. The molecule has 2 atom stereocenters. The molecule has 1 aliphatic rings. The maximum atomic E-state index is 12.8. The number of primary amides is 1. The predicted octanol–water partition coefficient (Wildman–Crippen LogP) is 1.21. The van der Waals surface area contributed by atoms with Crippen LogP contribution >= 0.6 is 0 Å². The van der Waals surface area contributed by atoms with Crippen LogP contribution in [0.2, 0.25) is 0 Å². The van der Waals surface area contributed by atoms with Gasteiger partial charge in [0.05, 0.1) is 13.2 Å². The Labute approximate surface area is 131 Å². The van der Waals surface area contributed by atoms with E-state index in [-0.39, 0.29) is 24.3 Å². The van der Waals surface area contributed by atoms with Gasteiger partial charge in [-0.15, -0.1) is 0 Å². The maximum Gasteiger partial charge on any atom is 0.248 e. The zero-order chi connectivity index (χ0) is 16.1. The highest BCUT2D eigenvalue weighted by atomic mass is 16.5. The largest absolute Gasteiger partial charge is 0.367 e. The SMILES string of the molecule is CC(C)[C@@H](Cc1ccccc1)C(=O)N1CCO[C@@H](C(N)=O)C1. The minimum Gasteiger partial charge on any atom is -0.367 e. The summed E-state index contributed by atoms with van der Waals surface area (Å²) < 4.78 is 5.31. The van der Waals surface area contributed by atoms with Crippen LogP contribution in [0.4, 0.5) is 0 Å². The Morgan fingerprint density at radius 3 is 2.59 bits per heavy atom. The summed E-state index contributed by atoms with van der Waals surface area (Å²) in [5.74, 6) is -0.313. The maximum absolute atomic E-state index is 12.8. The minimum atomic E-state index is -0.692. The van der Waals surface area contributed by atoms with Crippen molar-refractivity contribution in [3.8, 4) is 0 Å². The summed E-state index contributed by atoms with van der Waals surface area (Å²) in [7, 11) is 0. The van der Waals surface area contributed by atoms with Gasteiger partial charge in [-0.25, -0.2) is 0 Å². The lowest BCUT2D eigenvalue weighted by atomic mass is 9.87. The van der Waals surface area contributed by atoms with Crippen molar-refractivity contribution in [2.24, 2.45) is 17.6 Å². The van der Waals surface area contributed by atoms with Crippen LogP contribution in [0.5, 0.6) is 0 Å². The van der Waals surface area contributed by atoms with E-state index in [9.17, 15) is 9.59 Å². The summed E-state index contributed by atoms with van der Waals surface area (Å²) in [6.07, 6.45) is 0.0119. The number of nitrogens with zero attached hydrogens (tertiary/aromatic N) is 1. The first kappa shape index (κ1) is 16.5. The van der Waals surface area contributed by atoms with E-state index in [1.807, 2.05) is 30.3 Å². The number of amides is 2. The van der Waals surface area contributed by atoms with E-state index in [2.05, 4.69) is 13.8 Å². The molecule has 0 spiro atoms. The van der Waals surface area contributed by atoms with Gasteiger partial charge in [-0.3, -0.25) is 9.59 Å². The van der Waals surface area contributed by atoms with E-state index in [0.717, 1.165) is 5.56 Å². The van der Waals surface area contributed by atoms with Gasteiger partial charge in [0.2, 0.25) is 11.8 Å². The lowest BCUT2D eigenvalue weighted by Crippen LogP contribution is -2.52. The van der Waals surface area contributed by atoms with Crippen LogP contribution in [-0.2, 0) is 20.7 Å².